The van der Waals surface area contributed by atoms with Crippen molar-refractivity contribution >= 4 is 24.0 Å². The number of halogens is 2. The van der Waals surface area contributed by atoms with E-state index in [4.69, 9.17) is 16.3 Å². The van der Waals surface area contributed by atoms with Gasteiger partial charge < -0.3 is 15.2 Å². The second kappa shape index (κ2) is 10.0. The van der Waals surface area contributed by atoms with Crippen LogP contribution in [0.3, 0.4) is 0 Å². The fourth-order valence-corrected chi connectivity index (χ4v) is 2.80. The zero-order chi connectivity index (χ0) is 17.7. The molecule has 0 spiro atoms. The number of aliphatic hydroxyl groups excluding tert-OH is 1. The predicted molar refractivity (Wildman–Crippen MR) is 107 cm³/mol. The summed E-state index contributed by atoms with van der Waals surface area (Å²) in [6.45, 7) is 8.92. The molecule has 2 atom stereocenters. The van der Waals surface area contributed by atoms with Crippen LogP contribution >= 0.6 is 24.0 Å². The number of aliphatic hydroxyl groups is 1. The van der Waals surface area contributed by atoms with Gasteiger partial charge in [-0.15, -0.1) is 12.4 Å². The minimum absolute atomic E-state index is 0. The molecule has 2 N–H and O–H groups in total. The second-order valence-electron chi connectivity index (χ2n) is 6.35. The van der Waals surface area contributed by atoms with Gasteiger partial charge in [-0.2, -0.15) is 0 Å². The molecular weight excluding hydrogens is 357 g/mol. The second-order valence-corrected chi connectivity index (χ2v) is 6.79. The Morgan fingerprint density at radius 2 is 1.88 bits per heavy atom. The first-order chi connectivity index (χ1) is 11.4. The van der Waals surface area contributed by atoms with Crippen LogP contribution in [-0.4, -0.2) is 24.4 Å². The van der Waals surface area contributed by atoms with Gasteiger partial charge >= 0.3 is 0 Å². The molecule has 0 saturated heterocycles. The zero-order valence-corrected chi connectivity index (χ0v) is 16.7. The topological polar surface area (TPSA) is 41.5 Å². The van der Waals surface area contributed by atoms with Gasteiger partial charge in [-0.25, -0.2) is 0 Å². The van der Waals surface area contributed by atoms with Crippen molar-refractivity contribution in [3.8, 4) is 5.75 Å². The lowest BCUT2D eigenvalue weighted by Gasteiger charge is -2.19. The maximum Gasteiger partial charge on any atom is 0.122 e. The van der Waals surface area contributed by atoms with Crippen LogP contribution in [0.25, 0.3) is 0 Å². The summed E-state index contributed by atoms with van der Waals surface area (Å²) in [6, 6.07) is 12.0. The fraction of sp³-hybridized carbons (Fsp3) is 0.400. The molecule has 0 aliphatic rings. The Kier molecular flexibility index (Phi) is 8.74. The first kappa shape index (κ1) is 21.8. The van der Waals surface area contributed by atoms with E-state index in [1.165, 1.54) is 5.56 Å². The summed E-state index contributed by atoms with van der Waals surface area (Å²) in [5, 5.41) is 14.2. The number of nitrogens with one attached hydrogen (secondary N) is 1. The first-order valence-electron chi connectivity index (χ1n) is 8.24. The van der Waals surface area contributed by atoms with Crippen LogP contribution in [0.5, 0.6) is 5.75 Å². The summed E-state index contributed by atoms with van der Waals surface area (Å²) >= 11 is 6.01. The van der Waals surface area contributed by atoms with Crippen molar-refractivity contribution in [1.82, 2.24) is 5.32 Å². The molecular formula is C20H27Cl2NO2. The maximum absolute atomic E-state index is 10.2. The van der Waals surface area contributed by atoms with E-state index in [1.807, 2.05) is 51.1 Å². The van der Waals surface area contributed by atoms with Gasteiger partial charge in [0.05, 0.1) is 0 Å². The number of rotatable bonds is 7. The molecule has 0 saturated carbocycles. The van der Waals surface area contributed by atoms with E-state index < -0.39 is 6.10 Å². The van der Waals surface area contributed by atoms with Gasteiger partial charge in [-0.3, -0.25) is 0 Å². The molecule has 3 nitrogen and oxygen atoms in total. The fourth-order valence-electron chi connectivity index (χ4n) is 2.60. The Morgan fingerprint density at radius 3 is 2.56 bits per heavy atom. The standard InChI is InChI=1S/C20H26ClNO2.ClH/c1-13-8-14(2)15(3)20(9-13)24-12-19(23)11-22-16(4)17-6-5-7-18(21)10-17;/h5-10,16,19,22-23H,11-12H2,1-4H3;1H. The normalized spacial score (nSPS) is 13.0. The van der Waals surface area contributed by atoms with Gasteiger partial charge in [0.25, 0.3) is 0 Å². The molecule has 2 unspecified atom stereocenters. The number of ether oxygens (including phenoxy) is 1. The Labute approximate surface area is 161 Å². The van der Waals surface area contributed by atoms with Crippen molar-refractivity contribution in [3.05, 3.63) is 63.7 Å². The molecule has 0 aromatic heterocycles. The summed E-state index contributed by atoms with van der Waals surface area (Å²) in [6.07, 6.45) is -0.577. The average Bonchev–Trinajstić information content (AvgIpc) is 2.54. The first-order valence-corrected chi connectivity index (χ1v) is 8.62. The van der Waals surface area contributed by atoms with Crippen molar-refractivity contribution in [3.63, 3.8) is 0 Å². The lowest BCUT2D eigenvalue weighted by molar-refractivity contribution is 0.104. The molecule has 0 heterocycles. The Morgan fingerprint density at radius 1 is 1.16 bits per heavy atom. The Hall–Kier alpha value is -1.26. The van der Waals surface area contributed by atoms with Crippen LogP contribution < -0.4 is 10.1 Å². The Balaban J connectivity index is 0.00000312. The molecule has 0 bridgehead atoms. The predicted octanol–water partition coefficient (Wildman–Crippen LogP) is 4.78. The molecule has 138 valence electrons. The van der Waals surface area contributed by atoms with Gasteiger partial charge in [-0.1, -0.05) is 29.8 Å². The summed E-state index contributed by atoms with van der Waals surface area (Å²) < 4.78 is 5.81. The van der Waals surface area contributed by atoms with Crippen molar-refractivity contribution < 1.29 is 9.84 Å². The number of hydrogen-bond acceptors (Lipinski definition) is 3. The molecule has 2 rings (SSSR count). The van der Waals surface area contributed by atoms with Crippen LogP contribution in [0.4, 0.5) is 0 Å². The lowest BCUT2D eigenvalue weighted by atomic mass is 10.1. The molecule has 2 aromatic rings. The third kappa shape index (κ3) is 6.52. The SMILES string of the molecule is Cc1cc(C)c(C)c(OCC(O)CNC(C)c2cccc(Cl)c2)c1.Cl. The third-order valence-corrected chi connectivity index (χ3v) is 4.44. The highest BCUT2D eigenvalue weighted by atomic mass is 35.5. The van der Waals surface area contributed by atoms with E-state index in [9.17, 15) is 5.11 Å². The van der Waals surface area contributed by atoms with E-state index in [-0.39, 0.29) is 25.1 Å². The Bertz CT molecular complexity index is 691. The number of aryl methyl sites for hydroxylation is 2. The lowest BCUT2D eigenvalue weighted by Crippen LogP contribution is -2.33. The van der Waals surface area contributed by atoms with E-state index in [2.05, 4.69) is 18.3 Å². The highest BCUT2D eigenvalue weighted by Crippen LogP contribution is 2.23. The highest BCUT2D eigenvalue weighted by molar-refractivity contribution is 6.30. The maximum atomic E-state index is 10.2. The average molecular weight is 384 g/mol. The van der Waals surface area contributed by atoms with Crippen LogP contribution in [0.1, 0.15) is 35.2 Å². The summed E-state index contributed by atoms with van der Waals surface area (Å²) in [5.74, 6) is 0.842. The van der Waals surface area contributed by atoms with Crippen molar-refractivity contribution in [2.75, 3.05) is 13.2 Å². The van der Waals surface area contributed by atoms with Crippen LogP contribution in [0.2, 0.25) is 5.02 Å². The quantitative estimate of drug-likeness (QED) is 0.722. The monoisotopic (exact) mass is 383 g/mol. The zero-order valence-electron chi connectivity index (χ0n) is 15.2. The van der Waals surface area contributed by atoms with Crippen molar-refractivity contribution in [2.45, 2.75) is 39.8 Å². The van der Waals surface area contributed by atoms with Crippen LogP contribution in [0.15, 0.2) is 36.4 Å². The van der Waals surface area contributed by atoms with Crippen LogP contribution in [0, 0.1) is 20.8 Å². The molecule has 0 aliphatic heterocycles. The third-order valence-electron chi connectivity index (χ3n) is 4.20. The van der Waals surface area contributed by atoms with Crippen molar-refractivity contribution in [1.29, 1.82) is 0 Å². The smallest absolute Gasteiger partial charge is 0.122 e. The van der Waals surface area contributed by atoms with Crippen LogP contribution in [-0.2, 0) is 0 Å². The number of benzene rings is 2. The highest BCUT2D eigenvalue weighted by Gasteiger charge is 2.11. The molecule has 0 aliphatic carbocycles. The van der Waals surface area contributed by atoms with E-state index in [0.29, 0.717) is 6.54 Å². The summed E-state index contributed by atoms with van der Waals surface area (Å²) in [7, 11) is 0. The minimum Gasteiger partial charge on any atom is -0.491 e. The molecule has 0 radical (unpaired) electrons. The van der Waals surface area contributed by atoms with E-state index in [0.717, 1.165) is 27.5 Å². The minimum atomic E-state index is -0.577. The van der Waals surface area contributed by atoms with Gasteiger partial charge in [0, 0.05) is 17.6 Å². The van der Waals surface area contributed by atoms with E-state index in [1.54, 1.807) is 0 Å². The molecule has 25 heavy (non-hydrogen) atoms. The van der Waals surface area contributed by atoms with Gasteiger partial charge in [0.1, 0.15) is 18.5 Å². The largest absolute Gasteiger partial charge is 0.491 e. The van der Waals surface area contributed by atoms with E-state index >= 15 is 0 Å². The summed E-state index contributed by atoms with van der Waals surface area (Å²) in [4.78, 5) is 0. The van der Waals surface area contributed by atoms with Gasteiger partial charge in [0.2, 0.25) is 0 Å². The van der Waals surface area contributed by atoms with Gasteiger partial charge in [0.15, 0.2) is 0 Å². The molecule has 0 amide bonds. The summed E-state index contributed by atoms with van der Waals surface area (Å²) in [5.41, 5.74) is 4.58. The van der Waals surface area contributed by atoms with Crippen molar-refractivity contribution in [2.24, 2.45) is 0 Å². The molecule has 5 heteroatoms. The molecule has 2 aromatic carbocycles. The van der Waals surface area contributed by atoms with Gasteiger partial charge in [-0.05, 0) is 68.1 Å². The number of hydrogen-bond donors (Lipinski definition) is 2. The molecule has 0 fully saturated rings.